The number of anilines is 2. The third-order valence-electron chi connectivity index (χ3n) is 15.7. The van der Waals surface area contributed by atoms with Gasteiger partial charge in [-0.1, -0.05) is 44.2 Å². The highest BCUT2D eigenvalue weighted by Gasteiger charge is 2.57. The minimum atomic E-state index is -1.43. The first-order valence-corrected chi connectivity index (χ1v) is 29.9. The summed E-state index contributed by atoms with van der Waals surface area (Å²) in [5, 5.41) is 14.3. The lowest BCUT2D eigenvalue weighted by molar-refractivity contribution is -0.143. The molecule has 19 nitrogen and oxygen atoms in total. The van der Waals surface area contributed by atoms with Crippen LogP contribution in [0.3, 0.4) is 0 Å². The van der Waals surface area contributed by atoms with Gasteiger partial charge < -0.3 is 54.4 Å². The molecule has 5 amide bonds. The molecule has 87 heavy (non-hydrogen) atoms. The Morgan fingerprint density at radius 3 is 2.17 bits per heavy atom. The third kappa shape index (κ3) is 13.8. The van der Waals surface area contributed by atoms with Crippen LogP contribution in [-0.2, 0) is 41.7 Å². The molecule has 22 heteroatoms. The number of aryl methyl sites for hydroxylation is 1. The van der Waals surface area contributed by atoms with Crippen molar-refractivity contribution in [2.45, 2.75) is 90.6 Å². The molecule has 5 aromatic carbocycles. The molecule has 1 saturated carbocycles. The number of pyridine rings is 1. The van der Waals surface area contributed by atoms with Gasteiger partial charge in [0.25, 0.3) is 5.91 Å². The molecule has 1 unspecified atom stereocenters. The number of carbonyl (C=O) groups is 5. The number of methoxy groups -OCH3 is 1. The number of nitrogens with one attached hydrogen (secondary N) is 1. The second kappa shape index (κ2) is 27.4. The number of amides is 5. The van der Waals surface area contributed by atoms with Gasteiger partial charge in [0.2, 0.25) is 23.6 Å². The second-order valence-electron chi connectivity index (χ2n) is 22.1. The summed E-state index contributed by atoms with van der Waals surface area (Å²) >= 11 is 1.52. The Morgan fingerprint density at radius 1 is 0.816 bits per heavy atom. The molecule has 7 aromatic rings. The highest BCUT2D eigenvalue weighted by molar-refractivity contribution is 7.13. The number of carbonyl (C=O) groups excluding carboxylic acids is 5. The number of halogens is 2. The second-order valence-corrected chi connectivity index (χ2v) is 22.9. The predicted molar refractivity (Wildman–Crippen MR) is 321 cm³/mol. The summed E-state index contributed by atoms with van der Waals surface area (Å²) in [5.41, 5.74) is 10.7. The zero-order valence-corrected chi connectivity index (χ0v) is 49.6. The number of aliphatic hydroxyl groups excluding tert-OH is 1. The van der Waals surface area contributed by atoms with Crippen LogP contribution in [0.1, 0.15) is 79.6 Å². The first-order chi connectivity index (χ1) is 42.0. The fourth-order valence-corrected chi connectivity index (χ4v) is 11.8. The smallest absolute Gasteiger partial charge is 0.255 e. The normalized spacial score (nSPS) is 16.2. The SMILES string of the molecule is COc1cc2c(Oc3ccc(N(C(=O)C4(C(N)=O)CC4)c4ccc(F)cc4)cc3F)ccnc2cc1OCCCOCCCOCCCOc1cc(-c2scnc2C)ccc1CNC(=O)[C@@H]1C[C@@H](O)CN1C(=O)C(C(C)C)N1Cc2ccccc2C1=O. The fraction of sp³-hybridized carbons (Fsp3) is 0.369. The van der Waals surface area contributed by atoms with Gasteiger partial charge in [-0.25, -0.2) is 13.8 Å². The van der Waals surface area contributed by atoms with Crippen molar-refractivity contribution in [3.8, 4) is 39.2 Å². The van der Waals surface area contributed by atoms with E-state index in [-0.39, 0.29) is 73.0 Å². The zero-order valence-electron chi connectivity index (χ0n) is 48.8. The van der Waals surface area contributed by atoms with Crippen LogP contribution in [0.2, 0.25) is 0 Å². The number of aromatic nitrogens is 2. The quantitative estimate of drug-likeness (QED) is 0.0306. The van der Waals surface area contributed by atoms with Gasteiger partial charge in [-0.2, -0.15) is 0 Å². The minimum Gasteiger partial charge on any atom is -0.493 e. The Bertz CT molecular complexity index is 3660. The van der Waals surface area contributed by atoms with Crippen LogP contribution in [0.15, 0.2) is 115 Å². The van der Waals surface area contributed by atoms with Crippen LogP contribution < -0.4 is 34.9 Å². The van der Waals surface area contributed by atoms with Crippen molar-refractivity contribution >= 4 is 63.2 Å². The minimum absolute atomic E-state index is 0.0171. The molecule has 10 rings (SSSR count). The van der Waals surface area contributed by atoms with Gasteiger partial charge in [-0.15, -0.1) is 11.3 Å². The number of ether oxygens (including phenoxy) is 6. The summed E-state index contributed by atoms with van der Waals surface area (Å²) in [6.07, 6.45) is 3.02. The van der Waals surface area contributed by atoms with Crippen molar-refractivity contribution in [1.82, 2.24) is 25.1 Å². The summed E-state index contributed by atoms with van der Waals surface area (Å²) in [4.78, 5) is 81.9. The van der Waals surface area contributed by atoms with Crippen LogP contribution in [0.25, 0.3) is 21.3 Å². The molecule has 2 aromatic heterocycles. The van der Waals surface area contributed by atoms with Gasteiger partial charge in [0.15, 0.2) is 23.1 Å². The van der Waals surface area contributed by atoms with Crippen molar-refractivity contribution in [2.75, 3.05) is 58.2 Å². The van der Waals surface area contributed by atoms with E-state index in [4.69, 9.17) is 34.2 Å². The van der Waals surface area contributed by atoms with Crippen LogP contribution in [0.4, 0.5) is 20.2 Å². The monoisotopic (exact) mass is 1210 g/mol. The molecule has 4 N–H and O–H groups in total. The average molecular weight is 1210 g/mol. The van der Waals surface area contributed by atoms with E-state index in [0.717, 1.165) is 50.4 Å². The van der Waals surface area contributed by atoms with Gasteiger partial charge in [-0.3, -0.25) is 33.9 Å². The standard InChI is InChI=1S/C65H69F2N7O12S/c1-39(2)58(73-36-43-10-5-6-11-48(43)61(73)77)62(78)72-37-47(75)32-52(72)60(76)70-35-42-13-12-41(59-40(3)71-38-87-59)30-55(42)84-28-8-26-82-24-7-25-83-27-9-29-85-57-34-51-49(33-56(57)81-4)53(20-23-69-51)86-54-19-18-46(31-50(54)67)74(45-16-14-44(66)15-17-45)64(80)65(21-22-65)63(68)79/h5-6,10-20,23,30-31,33-34,38-39,47,52,58,75H,7-9,21-22,24-29,32,35-37H2,1-4H3,(H2,68,79)(H,70,76)/t47-,52+,58?/m1/s1. The Balaban J connectivity index is 0.660. The Kier molecular flexibility index (Phi) is 19.4. The summed E-state index contributed by atoms with van der Waals surface area (Å²) in [7, 11) is 1.50. The number of nitrogens with zero attached hydrogens (tertiary/aromatic N) is 5. The van der Waals surface area contributed by atoms with E-state index in [1.165, 1.54) is 53.8 Å². The number of primary amides is 1. The van der Waals surface area contributed by atoms with Crippen molar-refractivity contribution in [3.05, 3.63) is 149 Å². The number of β-amino-alcohol motifs (C(OH)–C–C–N with tert-alkyl or cyclic N) is 1. The molecule has 3 atom stereocenters. The Hall–Kier alpha value is -8.57. The number of fused-ring (bicyclic) bond motifs is 2. The van der Waals surface area contributed by atoms with E-state index in [2.05, 4.69) is 15.3 Å². The Labute approximate surface area is 506 Å². The zero-order chi connectivity index (χ0) is 61.4. The summed E-state index contributed by atoms with van der Waals surface area (Å²) in [5.74, 6) is -2.48. The molecule has 0 bridgehead atoms. The van der Waals surface area contributed by atoms with E-state index in [1.807, 2.05) is 51.1 Å². The predicted octanol–water partition coefficient (Wildman–Crippen LogP) is 9.60. The number of hydrogen-bond donors (Lipinski definition) is 3. The molecule has 1 aliphatic carbocycles. The van der Waals surface area contributed by atoms with Gasteiger partial charge in [-0.05, 0) is 104 Å². The lowest BCUT2D eigenvalue weighted by Gasteiger charge is -2.35. The molecule has 1 saturated heterocycles. The maximum Gasteiger partial charge on any atom is 0.255 e. The number of hydrogen-bond acceptors (Lipinski definition) is 15. The topological polar surface area (TPSA) is 235 Å². The number of benzene rings is 5. The van der Waals surface area contributed by atoms with E-state index in [1.54, 1.807) is 40.7 Å². The molecule has 0 radical (unpaired) electrons. The number of thiazole rings is 1. The van der Waals surface area contributed by atoms with Crippen LogP contribution in [0, 0.1) is 29.9 Å². The first-order valence-electron chi connectivity index (χ1n) is 29.0. The van der Waals surface area contributed by atoms with Gasteiger partial charge >= 0.3 is 0 Å². The third-order valence-corrected chi connectivity index (χ3v) is 16.7. The lowest BCUT2D eigenvalue weighted by atomic mass is 10.0. The molecule has 2 fully saturated rings. The van der Waals surface area contributed by atoms with Crippen LogP contribution in [-0.4, -0.2) is 126 Å². The van der Waals surface area contributed by atoms with Crippen LogP contribution >= 0.6 is 11.3 Å². The van der Waals surface area contributed by atoms with Gasteiger partial charge in [0.05, 0.1) is 53.7 Å². The number of likely N-dealkylation sites (tertiary alicyclic amines) is 1. The molecule has 0 spiro atoms. The molecule has 456 valence electrons. The highest BCUT2D eigenvalue weighted by Crippen LogP contribution is 2.49. The van der Waals surface area contributed by atoms with Crippen molar-refractivity contribution < 1.29 is 66.3 Å². The van der Waals surface area contributed by atoms with E-state index in [9.17, 15) is 33.5 Å². The highest BCUT2D eigenvalue weighted by atomic mass is 32.1. The number of nitrogens with two attached hydrogens (primary N) is 1. The molecule has 4 heterocycles. The number of rotatable bonds is 28. The Morgan fingerprint density at radius 2 is 1.52 bits per heavy atom. The fourth-order valence-electron chi connectivity index (χ4n) is 11.0. The maximum absolute atomic E-state index is 15.9. The van der Waals surface area contributed by atoms with Crippen molar-refractivity contribution in [2.24, 2.45) is 17.1 Å². The molecule has 3 aliphatic rings. The lowest BCUT2D eigenvalue weighted by Crippen LogP contribution is -2.55. The van der Waals surface area contributed by atoms with E-state index < -0.39 is 53.0 Å². The number of aliphatic hydroxyl groups is 1. The van der Waals surface area contributed by atoms with Crippen molar-refractivity contribution in [3.63, 3.8) is 0 Å². The first kappa shape index (κ1) is 61.5. The van der Waals surface area contributed by atoms with Gasteiger partial charge in [0, 0.05) is 106 Å². The largest absolute Gasteiger partial charge is 0.493 e. The van der Waals surface area contributed by atoms with Gasteiger partial charge in [0.1, 0.15) is 34.8 Å². The maximum atomic E-state index is 15.9. The van der Waals surface area contributed by atoms with Crippen LogP contribution in [0.5, 0.6) is 28.7 Å². The summed E-state index contributed by atoms with van der Waals surface area (Å²) < 4.78 is 65.7. The summed E-state index contributed by atoms with van der Waals surface area (Å²) in [6.45, 7) is 8.56. The molecular formula is C65H69F2N7O12S. The van der Waals surface area contributed by atoms with Crippen molar-refractivity contribution in [1.29, 1.82) is 0 Å². The van der Waals surface area contributed by atoms with E-state index in [0.29, 0.717) is 99.2 Å². The van der Waals surface area contributed by atoms with E-state index >= 15 is 4.39 Å². The average Bonchev–Trinajstić information content (AvgIpc) is 1.76. The molecule has 2 aliphatic heterocycles. The summed E-state index contributed by atoms with van der Waals surface area (Å²) in [6, 6.07) is 25.3. The molecular weight excluding hydrogens is 1140 g/mol.